The maximum atomic E-state index is 12.5. The highest BCUT2D eigenvalue weighted by Crippen LogP contribution is 2.29. The van der Waals surface area contributed by atoms with Gasteiger partial charge in [-0.25, -0.2) is 0 Å². The minimum atomic E-state index is -4.49. The van der Waals surface area contributed by atoms with Crippen LogP contribution in [0.5, 0.6) is 11.5 Å². The molecule has 110 valence electrons. The second-order valence-electron chi connectivity index (χ2n) is 4.11. The summed E-state index contributed by atoms with van der Waals surface area (Å²) in [6.45, 7) is 0. The molecule has 2 rings (SSSR count). The maximum Gasteiger partial charge on any atom is 0.417 e. The largest absolute Gasteiger partial charge is 0.508 e. The number of pyridine rings is 1. The van der Waals surface area contributed by atoms with Crippen molar-refractivity contribution in [1.82, 2.24) is 4.98 Å². The number of phenols is 2. The first kappa shape index (κ1) is 14.6. The number of nitrogens with two attached hydrogens (primary N) is 1. The molecule has 0 spiro atoms. The summed E-state index contributed by atoms with van der Waals surface area (Å²) in [5.41, 5.74) is -0.701. The standard InChI is InChI=1S/C13H10F3N3O2/c14-13(15,16)7-1-4-10(18-6-7)12(19-17)9-3-2-8(20)5-11(9)21/h1-6,20-21H,17H2. The Balaban J connectivity index is 2.43. The predicted octanol–water partition coefficient (Wildman–Crippen LogP) is 2.22. The SMILES string of the molecule is NN=C(c1ccc(C(F)(F)F)cn1)c1ccc(O)cc1O. The number of aromatic nitrogens is 1. The number of hydrogen-bond donors (Lipinski definition) is 3. The van der Waals surface area contributed by atoms with E-state index in [-0.39, 0.29) is 28.5 Å². The van der Waals surface area contributed by atoms with E-state index in [1.165, 1.54) is 12.1 Å². The fourth-order valence-corrected chi connectivity index (χ4v) is 1.70. The third kappa shape index (κ3) is 3.04. The van der Waals surface area contributed by atoms with Crippen LogP contribution in [0.3, 0.4) is 0 Å². The number of aromatic hydroxyl groups is 2. The second kappa shape index (κ2) is 5.31. The number of halogens is 3. The molecule has 0 radical (unpaired) electrons. The fraction of sp³-hybridized carbons (Fsp3) is 0.0769. The third-order valence-electron chi connectivity index (χ3n) is 2.70. The van der Waals surface area contributed by atoms with Crippen LogP contribution < -0.4 is 5.84 Å². The molecule has 0 amide bonds. The topological polar surface area (TPSA) is 91.7 Å². The molecule has 0 aliphatic heterocycles. The Hall–Kier alpha value is -2.77. The monoisotopic (exact) mass is 297 g/mol. The van der Waals surface area contributed by atoms with Crippen LogP contribution in [0, 0.1) is 0 Å². The van der Waals surface area contributed by atoms with E-state index < -0.39 is 11.7 Å². The molecule has 21 heavy (non-hydrogen) atoms. The molecule has 1 aromatic heterocycles. The van der Waals surface area contributed by atoms with Crippen molar-refractivity contribution >= 4 is 5.71 Å². The molecule has 0 aliphatic carbocycles. The lowest BCUT2D eigenvalue weighted by Crippen LogP contribution is -2.11. The van der Waals surface area contributed by atoms with Crippen LogP contribution in [0.1, 0.15) is 16.8 Å². The first-order valence-electron chi connectivity index (χ1n) is 5.67. The Morgan fingerprint density at radius 3 is 2.33 bits per heavy atom. The van der Waals surface area contributed by atoms with Gasteiger partial charge in [0.05, 0.1) is 11.3 Å². The van der Waals surface area contributed by atoms with Crippen LogP contribution >= 0.6 is 0 Å². The van der Waals surface area contributed by atoms with Crippen molar-refractivity contribution in [2.45, 2.75) is 6.18 Å². The highest BCUT2D eigenvalue weighted by Gasteiger charge is 2.31. The second-order valence-corrected chi connectivity index (χ2v) is 4.11. The number of rotatable bonds is 2. The van der Waals surface area contributed by atoms with Crippen molar-refractivity contribution < 1.29 is 23.4 Å². The van der Waals surface area contributed by atoms with Crippen LogP contribution in [-0.2, 0) is 6.18 Å². The van der Waals surface area contributed by atoms with Gasteiger partial charge in [-0.05, 0) is 24.3 Å². The van der Waals surface area contributed by atoms with Crippen molar-refractivity contribution in [3.05, 3.63) is 53.3 Å². The Morgan fingerprint density at radius 1 is 1.14 bits per heavy atom. The molecule has 8 heteroatoms. The fourth-order valence-electron chi connectivity index (χ4n) is 1.70. The van der Waals surface area contributed by atoms with Crippen LogP contribution in [0.2, 0.25) is 0 Å². The van der Waals surface area contributed by atoms with E-state index in [9.17, 15) is 23.4 Å². The van der Waals surface area contributed by atoms with E-state index in [2.05, 4.69) is 10.1 Å². The number of hydrazone groups is 1. The van der Waals surface area contributed by atoms with Crippen molar-refractivity contribution in [3.8, 4) is 11.5 Å². The lowest BCUT2D eigenvalue weighted by molar-refractivity contribution is -0.137. The van der Waals surface area contributed by atoms with Crippen molar-refractivity contribution in [3.63, 3.8) is 0 Å². The normalized spacial score (nSPS) is 12.4. The van der Waals surface area contributed by atoms with Crippen LogP contribution in [0.25, 0.3) is 0 Å². The van der Waals surface area contributed by atoms with Gasteiger partial charge in [0.1, 0.15) is 17.2 Å². The Bertz CT molecular complexity index is 682. The Morgan fingerprint density at radius 2 is 1.86 bits per heavy atom. The molecular weight excluding hydrogens is 287 g/mol. The summed E-state index contributed by atoms with van der Waals surface area (Å²) in [4.78, 5) is 3.65. The van der Waals surface area contributed by atoms with Gasteiger partial charge in [0.25, 0.3) is 0 Å². The summed E-state index contributed by atoms with van der Waals surface area (Å²) in [6.07, 6.45) is -3.84. The zero-order valence-corrected chi connectivity index (χ0v) is 10.5. The Kier molecular flexibility index (Phi) is 3.70. The summed E-state index contributed by atoms with van der Waals surface area (Å²) in [6, 6.07) is 5.61. The first-order chi connectivity index (χ1) is 9.82. The number of hydrogen-bond acceptors (Lipinski definition) is 5. The number of alkyl halides is 3. The van der Waals surface area contributed by atoms with Gasteiger partial charge in [0.15, 0.2) is 0 Å². The molecule has 5 nitrogen and oxygen atoms in total. The highest BCUT2D eigenvalue weighted by molar-refractivity contribution is 6.13. The molecule has 0 fully saturated rings. The van der Waals surface area contributed by atoms with E-state index in [4.69, 9.17) is 5.84 Å². The van der Waals surface area contributed by atoms with Gasteiger partial charge in [-0.3, -0.25) is 4.98 Å². The first-order valence-corrected chi connectivity index (χ1v) is 5.67. The van der Waals surface area contributed by atoms with Crippen LogP contribution in [0.15, 0.2) is 41.6 Å². The number of benzene rings is 1. The van der Waals surface area contributed by atoms with Crippen molar-refractivity contribution in [1.29, 1.82) is 0 Å². The highest BCUT2D eigenvalue weighted by atomic mass is 19.4. The summed E-state index contributed by atoms with van der Waals surface area (Å²) in [5.74, 6) is 4.73. The number of nitrogens with zero attached hydrogens (tertiary/aromatic N) is 2. The molecule has 1 aromatic carbocycles. The molecule has 2 aromatic rings. The van der Waals surface area contributed by atoms with E-state index in [0.29, 0.717) is 6.20 Å². The minimum Gasteiger partial charge on any atom is -0.508 e. The third-order valence-corrected chi connectivity index (χ3v) is 2.70. The molecule has 1 heterocycles. The van der Waals surface area contributed by atoms with Gasteiger partial charge in [-0.15, -0.1) is 0 Å². The smallest absolute Gasteiger partial charge is 0.417 e. The van der Waals surface area contributed by atoms with Gasteiger partial charge in [-0.1, -0.05) is 0 Å². The summed E-state index contributed by atoms with van der Waals surface area (Å²) >= 11 is 0. The van der Waals surface area contributed by atoms with E-state index in [1.54, 1.807) is 0 Å². The van der Waals surface area contributed by atoms with Crippen LogP contribution in [0.4, 0.5) is 13.2 Å². The van der Waals surface area contributed by atoms with E-state index in [1.807, 2.05) is 0 Å². The van der Waals surface area contributed by atoms with Gasteiger partial charge < -0.3 is 16.1 Å². The van der Waals surface area contributed by atoms with Gasteiger partial charge in [0, 0.05) is 17.8 Å². The lowest BCUT2D eigenvalue weighted by Gasteiger charge is -2.09. The molecule has 0 bridgehead atoms. The lowest BCUT2D eigenvalue weighted by atomic mass is 10.0. The molecule has 0 aliphatic rings. The van der Waals surface area contributed by atoms with E-state index in [0.717, 1.165) is 18.2 Å². The molecule has 0 unspecified atom stereocenters. The van der Waals surface area contributed by atoms with Gasteiger partial charge in [-0.2, -0.15) is 18.3 Å². The zero-order valence-electron chi connectivity index (χ0n) is 10.5. The maximum absolute atomic E-state index is 12.5. The average molecular weight is 297 g/mol. The quantitative estimate of drug-likeness (QED) is 0.450. The summed E-state index contributed by atoms with van der Waals surface area (Å²) in [5, 5.41) is 22.4. The van der Waals surface area contributed by atoms with E-state index >= 15 is 0 Å². The average Bonchev–Trinajstić information content (AvgIpc) is 2.41. The zero-order chi connectivity index (χ0) is 15.6. The summed E-state index contributed by atoms with van der Waals surface area (Å²) < 4.78 is 37.4. The molecule has 0 atom stereocenters. The molecule has 0 saturated heterocycles. The molecule has 0 saturated carbocycles. The van der Waals surface area contributed by atoms with Crippen molar-refractivity contribution in [2.24, 2.45) is 10.9 Å². The van der Waals surface area contributed by atoms with Gasteiger partial charge >= 0.3 is 6.18 Å². The van der Waals surface area contributed by atoms with Crippen molar-refractivity contribution in [2.75, 3.05) is 0 Å². The van der Waals surface area contributed by atoms with Gasteiger partial charge in [0.2, 0.25) is 0 Å². The molecule has 4 N–H and O–H groups in total. The minimum absolute atomic E-state index is 0.00113. The Labute approximate surface area is 117 Å². The van der Waals surface area contributed by atoms with Crippen LogP contribution in [-0.4, -0.2) is 20.9 Å². The summed E-state index contributed by atoms with van der Waals surface area (Å²) in [7, 11) is 0. The molecular formula is C13H10F3N3O2. The predicted molar refractivity (Wildman–Crippen MR) is 68.8 cm³/mol. The number of phenolic OH excluding ortho intramolecular Hbond substituents is 2.